The van der Waals surface area contributed by atoms with Gasteiger partial charge in [0.25, 0.3) is 0 Å². The van der Waals surface area contributed by atoms with E-state index >= 15 is 0 Å². The molecule has 0 saturated carbocycles. The number of aliphatic hydroxyl groups is 1. The Hall–Kier alpha value is -2.76. The molecule has 11 heteroatoms. The smallest absolute Gasteiger partial charge is 0.232 e. The first kappa shape index (κ1) is 27.8. The van der Waals surface area contributed by atoms with Crippen LogP contribution >= 0.6 is 10.5 Å². The molecule has 0 fully saturated rings. The van der Waals surface area contributed by atoms with Crippen LogP contribution in [0.4, 0.5) is 5.69 Å². The summed E-state index contributed by atoms with van der Waals surface area (Å²) in [4.78, 5) is 5.49. The summed E-state index contributed by atoms with van der Waals surface area (Å²) in [5, 5.41) is 12.1. The van der Waals surface area contributed by atoms with E-state index in [0.717, 1.165) is 10.6 Å². The molecule has 0 aliphatic rings. The van der Waals surface area contributed by atoms with Gasteiger partial charge in [0.15, 0.2) is 11.5 Å². The highest BCUT2D eigenvalue weighted by Crippen LogP contribution is 2.45. The molecule has 0 radical (unpaired) electrons. The SMILES string of the molecule is C/C=S(/c1cn2c(-c3cc(NS(=O)(=O)CCC)c(OC)c(OC)c3)cnc2cc1OC)C(C)(C)CO. The Kier molecular flexibility index (Phi) is 8.58. The third kappa shape index (κ3) is 5.47. The first-order valence-electron chi connectivity index (χ1n) is 11.5. The summed E-state index contributed by atoms with van der Waals surface area (Å²) in [6.45, 7) is 7.81. The zero-order valence-electron chi connectivity index (χ0n) is 21.8. The zero-order valence-corrected chi connectivity index (χ0v) is 23.4. The highest BCUT2D eigenvalue weighted by molar-refractivity contribution is 8.16. The van der Waals surface area contributed by atoms with Crippen LogP contribution in [0.1, 0.15) is 34.1 Å². The average molecular weight is 538 g/mol. The molecule has 0 bridgehead atoms. The maximum Gasteiger partial charge on any atom is 0.232 e. The lowest BCUT2D eigenvalue weighted by Gasteiger charge is -2.28. The van der Waals surface area contributed by atoms with Crippen molar-refractivity contribution in [2.24, 2.45) is 0 Å². The number of nitrogens with one attached hydrogen (secondary N) is 1. The molecule has 198 valence electrons. The molecule has 0 saturated heterocycles. The number of hydrogen-bond acceptors (Lipinski definition) is 7. The van der Waals surface area contributed by atoms with Crippen molar-refractivity contribution < 1.29 is 27.7 Å². The number of aromatic nitrogens is 2. The number of nitrogens with zero attached hydrogens (tertiary/aromatic N) is 2. The molecular weight excluding hydrogens is 502 g/mol. The zero-order chi connectivity index (χ0) is 26.7. The number of sulfonamides is 1. The maximum atomic E-state index is 12.6. The predicted octanol–water partition coefficient (Wildman–Crippen LogP) is 4.40. The van der Waals surface area contributed by atoms with Crippen LogP contribution in [0.15, 0.2) is 35.5 Å². The van der Waals surface area contributed by atoms with Crippen LogP contribution in [-0.4, -0.2) is 66.7 Å². The van der Waals surface area contributed by atoms with E-state index in [1.165, 1.54) is 14.2 Å². The number of imidazole rings is 1. The Labute approximate surface area is 215 Å². The average Bonchev–Trinajstić information content (AvgIpc) is 3.25. The third-order valence-corrected chi connectivity index (χ3v) is 9.80. The lowest BCUT2D eigenvalue weighted by molar-refractivity contribution is 0.264. The Morgan fingerprint density at radius 2 is 1.83 bits per heavy atom. The number of hydrogen-bond donors (Lipinski definition) is 2. The van der Waals surface area contributed by atoms with E-state index in [4.69, 9.17) is 14.2 Å². The molecule has 3 aromatic rings. The van der Waals surface area contributed by atoms with Gasteiger partial charge in [0.2, 0.25) is 10.0 Å². The van der Waals surface area contributed by atoms with Gasteiger partial charge in [0.1, 0.15) is 11.4 Å². The second-order valence-electron chi connectivity index (χ2n) is 8.75. The third-order valence-electron chi connectivity index (χ3n) is 5.76. The summed E-state index contributed by atoms with van der Waals surface area (Å²) in [6, 6.07) is 5.36. The first-order chi connectivity index (χ1) is 17.0. The maximum absolute atomic E-state index is 12.6. The van der Waals surface area contributed by atoms with Gasteiger partial charge >= 0.3 is 0 Å². The molecule has 1 atom stereocenters. The summed E-state index contributed by atoms with van der Waals surface area (Å²) in [5.41, 5.74) is 2.36. The number of rotatable bonds is 11. The van der Waals surface area contributed by atoms with Crippen LogP contribution in [-0.2, 0) is 10.0 Å². The summed E-state index contributed by atoms with van der Waals surface area (Å²) in [6.07, 6.45) is 4.16. The van der Waals surface area contributed by atoms with Crippen LogP contribution in [0, 0.1) is 0 Å². The van der Waals surface area contributed by atoms with Crippen molar-refractivity contribution in [3.63, 3.8) is 0 Å². The lowest BCUT2D eigenvalue weighted by atomic mass is 10.1. The number of fused-ring (bicyclic) bond motifs is 1. The molecule has 9 nitrogen and oxygen atoms in total. The van der Waals surface area contributed by atoms with E-state index in [1.807, 2.05) is 37.4 Å². The molecule has 2 N–H and O–H groups in total. The van der Waals surface area contributed by atoms with Gasteiger partial charge in [-0.3, -0.25) is 9.12 Å². The largest absolute Gasteiger partial charge is 0.495 e. The van der Waals surface area contributed by atoms with Crippen molar-refractivity contribution in [2.45, 2.75) is 43.8 Å². The second kappa shape index (κ2) is 11.1. The molecule has 3 rings (SSSR count). The van der Waals surface area contributed by atoms with Crippen molar-refractivity contribution >= 4 is 37.2 Å². The van der Waals surface area contributed by atoms with Crippen LogP contribution in [0.25, 0.3) is 16.9 Å². The van der Waals surface area contributed by atoms with Gasteiger partial charge in [-0.25, -0.2) is 13.4 Å². The van der Waals surface area contributed by atoms with Crippen molar-refractivity contribution in [3.8, 4) is 28.5 Å². The molecule has 2 heterocycles. The fourth-order valence-electron chi connectivity index (χ4n) is 4.01. The van der Waals surface area contributed by atoms with Gasteiger partial charge in [-0.1, -0.05) is 12.3 Å². The minimum atomic E-state index is -3.57. The molecule has 0 amide bonds. The van der Waals surface area contributed by atoms with E-state index < -0.39 is 25.3 Å². The first-order valence-corrected chi connectivity index (χ1v) is 14.4. The molecule has 1 unspecified atom stereocenters. The fourth-order valence-corrected chi connectivity index (χ4v) is 7.34. The van der Waals surface area contributed by atoms with Crippen molar-refractivity contribution in [1.82, 2.24) is 9.38 Å². The van der Waals surface area contributed by atoms with Crippen molar-refractivity contribution in [2.75, 3.05) is 38.4 Å². The van der Waals surface area contributed by atoms with Crippen LogP contribution in [0.2, 0.25) is 0 Å². The summed E-state index contributed by atoms with van der Waals surface area (Å²) < 4.78 is 46.0. The Bertz CT molecular complexity index is 1380. The summed E-state index contributed by atoms with van der Waals surface area (Å²) >= 11 is 0. The molecular formula is C25H35N3O6S2. The predicted molar refractivity (Wildman–Crippen MR) is 147 cm³/mol. The summed E-state index contributed by atoms with van der Waals surface area (Å²) in [7, 11) is 0.576. The monoisotopic (exact) mass is 537 g/mol. The molecule has 0 spiro atoms. The number of ether oxygens (including phenoxy) is 3. The molecule has 0 aliphatic carbocycles. The van der Waals surface area contributed by atoms with Gasteiger partial charge in [-0.2, -0.15) is 0 Å². The van der Waals surface area contributed by atoms with Crippen LogP contribution in [0.5, 0.6) is 17.2 Å². The molecule has 36 heavy (non-hydrogen) atoms. The molecule has 1 aromatic carbocycles. The van der Waals surface area contributed by atoms with E-state index in [2.05, 4.69) is 15.1 Å². The van der Waals surface area contributed by atoms with E-state index in [1.54, 1.807) is 32.4 Å². The number of pyridine rings is 1. The molecule has 2 aromatic heterocycles. The van der Waals surface area contributed by atoms with Crippen molar-refractivity contribution in [1.29, 1.82) is 0 Å². The van der Waals surface area contributed by atoms with E-state index in [-0.39, 0.29) is 18.0 Å². The minimum Gasteiger partial charge on any atom is -0.495 e. The van der Waals surface area contributed by atoms with Gasteiger partial charge < -0.3 is 19.3 Å². The van der Waals surface area contributed by atoms with E-state index in [0.29, 0.717) is 34.9 Å². The molecule has 0 aliphatic heterocycles. The van der Waals surface area contributed by atoms with Crippen LogP contribution < -0.4 is 18.9 Å². The van der Waals surface area contributed by atoms with Gasteiger partial charge in [0.05, 0.1) is 56.2 Å². The number of anilines is 1. The topological polar surface area (TPSA) is 111 Å². The highest BCUT2D eigenvalue weighted by atomic mass is 32.2. The number of methoxy groups -OCH3 is 3. The van der Waals surface area contributed by atoms with E-state index in [9.17, 15) is 13.5 Å². The fraction of sp³-hybridized carbons (Fsp3) is 0.440. The second-order valence-corrected chi connectivity index (χ2v) is 13.3. The van der Waals surface area contributed by atoms with Crippen LogP contribution in [0.3, 0.4) is 0 Å². The normalized spacial score (nSPS) is 13.1. The number of aliphatic hydroxyl groups excluding tert-OH is 1. The minimum absolute atomic E-state index is 0.00930. The van der Waals surface area contributed by atoms with Crippen molar-refractivity contribution in [3.05, 3.63) is 30.6 Å². The lowest BCUT2D eigenvalue weighted by Crippen LogP contribution is -2.23. The van der Waals surface area contributed by atoms with Gasteiger partial charge in [-0.05, 0) is 39.3 Å². The standard InChI is InChI=1S/C25H35N3O6S2/c1-8-10-36(30,31)27-18-11-17(12-21(33-6)24(18)34-7)19-14-26-23-13-20(32-5)22(15-28(19)23)35(9-2)25(3,4)16-29/h9,11-15,27,29H,8,10,16H2,1-7H3. The quantitative estimate of drug-likeness (QED) is 0.349. The Morgan fingerprint density at radius 1 is 1.14 bits per heavy atom. The Morgan fingerprint density at radius 3 is 2.39 bits per heavy atom. The van der Waals surface area contributed by atoms with Gasteiger partial charge in [0, 0.05) is 22.6 Å². The van der Waals surface area contributed by atoms with Gasteiger partial charge in [-0.15, -0.1) is 10.5 Å². The summed E-state index contributed by atoms with van der Waals surface area (Å²) in [5.74, 6) is 1.35. The highest BCUT2D eigenvalue weighted by Gasteiger charge is 2.26. The number of benzene rings is 1. The Balaban J connectivity index is 2.27.